The fourth-order valence-electron chi connectivity index (χ4n) is 0.983. The number of amides is 1. The van der Waals surface area contributed by atoms with E-state index >= 15 is 0 Å². The molecule has 3 nitrogen and oxygen atoms in total. The maximum Gasteiger partial charge on any atom is 0.263 e. The molecule has 0 aliphatic carbocycles. The lowest BCUT2D eigenvalue weighted by Gasteiger charge is -1.99. The molecule has 1 amide bonds. The van der Waals surface area contributed by atoms with Gasteiger partial charge in [0.2, 0.25) is 0 Å². The summed E-state index contributed by atoms with van der Waals surface area (Å²) in [6.07, 6.45) is 0. The van der Waals surface area contributed by atoms with Crippen LogP contribution >= 0.6 is 33.9 Å². The van der Waals surface area contributed by atoms with Crippen LogP contribution in [0.25, 0.3) is 0 Å². The van der Waals surface area contributed by atoms with Crippen molar-refractivity contribution < 1.29 is 4.79 Å². The van der Waals surface area contributed by atoms with Crippen LogP contribution in [-0.2, 0) is 0 Å². The van der Waals surface area contributed by atoms with E-state index in [4.69, 9.17) is 0 Å². The number of aryl methyl sites for hydroxylation is 2. The van der Waals surface area contributed by atoms with Crippen molar-refractivity contribution in [2.45, 2.75) is 13.8 Å². The first-order valence-corrected chi connectivity index (χ1v) is 6.27. The summed E-state index contributed by atoms with van der Waals surface area (Å²) in [5.41, 5.74) is 0.827. The van der Waals surface area contributed by atoms with Crippen LogP contribution in [0.5, 0.6) is 0 Å². The normalized spacial score (nSPS) is 10.1. The van der Waals surface area contributed by atoms with Crippen LogP contribution in [0.1, 0.15) is 20.4 Å². The fraction of sp³-hybridized carbons (Fsp3) is 0.500. The Morgan fingerprint density at radius 3 is 2.77 bits per heavy atom. The van der Waals surface area contributed by atoms with Crippen molar-refractivity contribution in [1.82, 2.24) is 10.3 Å². The maximum absolute atomic E-state index is 11.5. The molecule has 0 aliphatic rings. The van der Waals surface area contributed by atoms with Gasteiger partial charge in [-0.2, -0.15) is 0 Å². The van der Waals surface area contributed by atoms with Gasteiger partial charge in [-0.1, -0.05) is 22.6 Å². The molecular weight excluding hydrogens is 299 g/mol. The summed E-state index contributed by atoms with van der Waals surface area (Å²) in [5, 5.41) is 3.77. The molecule has 72 valence electrons. The molecule has 0 aliphatic heterocycles. The van der Waals surface area contributed by atoms with Crippen molar-refractivity contribution in [3.05, 3.63) is 15.6 Å². The molecule has 0 spiro atoms. The van der Waals surface area contributed by atoms with E-state index in [1.165, 1.54) is 11.3 Å². The van der Waals surface area contributed by atoms with Gasteiger partial charge in [0.25, 0.3) is 5.91 Å². The van der Waals surface area contributed by atoms with Gasteiger partial charge in [-0.05, 0) is 13.8 Å². The van der Waals surface area contributed by atoms with E-state index in [1.807, 2.05) is 13.8 Å². The predicted molar refractivity (Wildman–Crippen MR) is 62.8 cm³/mol. The molecular formula is C8H11IN2OS. The summed E-state index contributed by atoms with van der Waals surface area (Å²) < 4.78 is 0.931. The van der Waals surface area contributed by atoms with E-state index < -0.39 is 0 Å². The van der Waals surface area contributed by atoms with E-state index in [2.05, 4.69) is 32.9 Å². The molecule has 0 saturated carbocycles. The van der Waals surface area contributed by atoms with Crippen LogP contribution in [0.15, 0.2) is 0 Å². The Balaban J connectivity index is 2.70. The molecule has 1 aromatic rings. The minimum absolute atomic E-state index is 0.000217. The van der Waals surface area contributed by atoms with E-state index in [0.29, 0.717) is 0 Å². The van der Waals surface area contributed by atoms with Crippen LogP contribution in [-0.4, -0.2) is 21.9 Å². The lowest BCUT2D eigenvalue weighted by Crippen LogP contribution is -2.24. The minimum atomic E-state index is -0.000217. The molecule has 0 fully saturated rings. The zero-order valence-electron chi connectivity index (χ0n) is 7.56. The third-order valence-corrected chi connectivity index (χ3v) is 3.10. The lowest BCUT2D eigenvalue weighted by molar-refractivity contribution is 0.0959. The number of aromatic nitrogens is 1. The van der Waals surface area contributed by atoms with Gasteiger partial charge in [-0.25, -0.2) is 4.98 Å². The van der Waals surface area contributed by atoms with E-state index in [-0.39, 0.29) is 5.91 Å². The van der Waals surface area contributed by atoms with Crippen LogP contribution in [0.2, 0.25) is 0 Å². The average Bonchev–Trinajstić information content (AvgIpc) is 2.41. The van der Waals surface area contributed by atoms with Crippen molar-refractivity contribution in [1.29, 1.82) is 0 Å². The number of hydrogen-bond acceptors (Lipinski definition) is 3. The number of nitrogens with one attached hydrogen (secondary N) is 1. The van der Waals surface area contributed by atoms with Crippen molar-refractivity contribution in [2.24, 2.45) is 0 Å². The van der Waals surface area contributed by atoms with Gasteiger partial charge in [-0.15, -0.1) is 11.3 Å². The molecule has 1 aromatic heterocycles. The number of rotatable bonds is 3. The standard InChI is InChI=1S/C8H11IN2OS/c1-5-7(13-6(2)11-5)8(12)10-4-3-9/h3-4H2,1-2H3,(H,10,12). The number of carbonyl (C=O) groups is 1. The van der Waals surface area contributed by atoms with Crippen molar-refractivity contribution >= 4 is 39.8 Å². The first-order valence-electron chi connectivity index (χ1n) is 3.93. The smallest absolute Gasteiger partial charge is 0.263 e. The largest absolute Gasteiger partial charge is 0.351 e. The fourth-order valence-corrected chi connectivity index (χ4v) is 2.09. The molecule has 5 heteroatoms. The monoisotopic (exact) mass is 310 g/mol. The second kappa shape index (κ2) is 4.90. The Morgan fingerprint density at radius 1 is 1.62 bits per heavy atom. The summed E-state index contributed by atoms with van der Waals surface area (Å²) in [4.78, 5) is 16.4. The molecule has 13 heavy (non-hydrogen) atoms. The van der Waals surface area contributed by atoms with Gasteiger partial charge in [0.15, 0.2) is 0 Å². The van der Waals surface area contributed by atoms with Gasteiger partial charge in [0, 0.05) is 11.0 Å². The summed E-state index contributed by atoms with van der Waals surface area (Å²) in [6.45, 7) is 4.49. The van der Waals surface area contributed by atoms with Gasteiger partial charge >= 0.3 is 0 Å². The number of halogens is 1. The van der Waals surface area contributed by atoms with Crippen LogP contribution < -0.4 is 5.32 Å². The Morgan fingerprint density at radius 2 is 2.31 bits per heavy atom. The predicted octanol–water partition coefficient (Wildman–Crippen LogP) is 1.92. The van der Waals surface area contributed by atoms with Crippen molar-refractivity contribution in [2.75, 3.05) is 11.0 Å². The SMILES string of the molecule is Cc1nc(C)c(C(=O)NCCI)s1. The topological polar surface area (TPSA) is 42.0 Å². The van der Waals surface area contributed by atoms with Gasteiger partial charge in [0.05, 0.1) is 10.7 Å². The Labute approximate surface area is 95.1 Å². The highest BCUT2D eigenvalue weighted by atomic mass is 127. The third kappa shape index (κ3) is 2.91. The molecule has 1 heterocycles. The quantitative estimate of drug-likeness (QED) is 0.685. The van der Waals surface area contributed by atoms with Gasteiger partial charge in [-0.3, -0.25) is 4.79 Å². The highest BCUT2D eigenvalue weighted by molar-refractivity contribution is 14.1. The van der Waals surface area contributed by atoms with E-state index in [0.717, 1.165) is 26.6 Å². The van der Waals surface area contributed by atoms with E-state index in [9.17, 15) is 4.79 Å². The summed E-state index contributed by atoms with van der Waals surface area (Å²) in [6, 6.07) is 0. The molecule has 0 bridgehead atoms. The van der Waals surface area contributed by atoms with Crippen molar-refractivity contribution in [3.8, 4) is 0 Å². The lowest BCUT2D eigenvalue weighted by atomic mass is 10.4. The Kier molecular flexibility index (Phi) is 4.11. The Hall–Kier alpha value is -0.170. The summed E-state index contributed by atoms with van der Waals surface area (Å²) in [5.74, 6) is -0.000217. The zero-order chi connectivity index (χ0) is 9.84. The zero-order valence-corrected chi connectivity index (χ0v) is 10.5. The van der Waals surface area contributed by atoms with E-state index in [1.54, 1.807) is 0 Å². The molecule has 0 unspecified atom stereocenters. The van der Waals surface area contributed by atoms with Crippen LogP contribution in [0.3, 0.4) is 0 Å². The Bertz CT molecular complexity index is 311. The first kappa shape index (κ1) is 10.9. The summed E-state index contributed by atoms with van der Waals surface area (Å²) >= 11 is 3.67. The van der Waals surface area contributed by atoms with Gasteiger partial charge < -0.3 is 5.32 Å². The molecule has 0 atom stereocenters. The summed E-state index contributed by atoms with van der Waals surface area (Å²) in [7, 11) is 0. The minimum Gasteiger partial charge on any atom is -0.351 e. The average molecular weight is 310 g/mol. The van der Waals surface area contributed by atoms with Crippen LogP contribution in [0.4, 0.5) is 0 Å². The number of nitrogens with zero attached hydrogens (tertiary/aromatic N) is 1. The first-order chi connectivity index (χ1) is 6.15. The molecule has 0 radical (unpaired) electrons. The number of hydrogen-bond donors (Lipinski definition) is 1. The molecule has 1 N–H and O–H groups in total. The highest BCUT2D eigenvalue weighted by Gasteiger charge is 2.12. The molecule has 0 aromatic carbocycles. The second-order valence-corrected chi connectivity index (χ2v) is 4.87. The highest BCUT2D eigenvalue weighted by Crippen LogP contribution is 2.16. The number of thiazole rings is 1. The second-order valence-electron chi connectivity index (χ2n) is 2.59. The number of carbonyl (C=O) groups excluding carboxylic acids is 1. The number of alkyl halides is 1. The molecule has 0 saturated heterocycles. The third-order valence-electron chi connectivity index (χ3n) is 1.49. The van der Waals surface area contributed by atoms with Crippen molar-refractivity contribution in [3.63, 3.8) is 0 Å². The van der Waals surface area contributed by atoms with Crippen LogP contribution in [0, 0.1) is 13.8 Å². The van der Waals surface area contributed by atoms with Gasteiger partial charge in [0.1, 0.15) is 4.88 Å². The maximum atomic E-state index is 11.5. The molecule has 1 rings (SSSR count).